The van der Waals surface area contributed by atoms with E-state index in [1.807, 2.05) is 0 Å². The summed E-state index contributed by atoms with van der Waals surface area (Å²) in [6.07, 6.45) is 4.99. The van der Waals surface area contributed by atoms with Crippen LogP contribution in [0.15, 0.2) is 0 Å². The average molecular weight is 172 g/mol. The van der Waals surface area contributed by atoms with Crippen LogP contribution in [-0.2, 0) is 0 Å². The molecule has 74 valence electrons. The largest absolute Gasteiger partial charge is 0.328 e. The smallest absolute Gasteiger partial charge is 0.00109 e. The Labute approximate surface area is 77.1 Å². The van der Waals surface area contributed by atoms with Gasteiger partial charge < -0.3 is 10.6 Å². The van der Waals surface area contributed by atoms with E-state index in [9.17, 15) is 0 Å². The van der Waals surface area contributed by atoms with Gasteiger partial charge in [-0.1, -0.05) is 13.3 Å². The molecule has 0 aromatic heterocycles. The van der Waals surface area contributed by atoms with Crippen LogP contribution in [0.1, 0.15) is 39.5 Å². The quantitative estimate of drug-likeness (QED) is 0.635. The van der Waals surface area contributed by atoms with Crippen LogP contribution < -0.4 is 5.73 Å². The normalized spacial score (nSPS) is 13.8. The van der Waals surface area contributed by atoms with Crippen molar-refractivity contribution in [2.24, 2.45) is 5.73 Å². The first kappa shape index (κ1) is 11.9. The van der Waals surface area contributed by atoms with Crippen molar-refractivity contribution in [1.82, 2.24) is 4.90 Å². The third-order valence-corrected chi connectivity index (χ3v) is 2.09. The molecule has 2 nitrogen and oxygen atoms in total. The fourth-order valence-corrected chi connectivity index (χ4v) is 1.22. The molecule has 0 radical (unpaired) electrons. The highest BCUT2D eigenvalue weighted by atomic mass is 15.1. The molecule has 12 heavy (non-hydrogen) atoms. The summed E-state index contributed by atoms with van der Waals surface area (Å²) < 4.78 is 0. The maximum absolute atomic E-state index is 5.66. The molecular weight excluding hydrogens is 148 g/mol. The summed E-state index contributed by atoms with van der Waals surface area (Å²) in [6.45, 7) is 6.73. The van der Waals surface area contributed by atoms with E-state index in [0.717, 1.165) is 6.42 Å². The van der Waals surface area contributed by atoms with Crippen molar-refractivity contribution < 1.29 is 0 Å². The third kappa shape index (κ3) is 8.02. The molecule has 0 heterocycles. The number of nitrogens with zero attached hydrogens (tertiary/aromatic N) is 1. The number of hydrogen-bond donors (Lipinski definition) is 1. The van der Waals surface area contributed by atoms with E-state index < -0.39 is 0 Å². The summed E-state index contributed by atoms with van der Waals surface area (Å²) in [6, 6.07) is 0.365. The molecule has 0 bridgehead atoms. The summed E-state index contributed by atoms with van der Waals surface area (Å²) in [5.74, 6) is 0. The number of rotatable bonds is 7. The first-order chi connectivity index (χ1) is 5.66. The standard InChI is InChI=1S/C10H24N2/c1-4-5-8-12(3)9-6-7-10(2)11/h10H,4-9,11H2,1-3H3. The fraction of sp³-hybridized carbons (Fsp3) is 1.00. The molecule has 0 saturated heterocycles. The molecule has 1 atom stereocenters. The molecule has 0 rings (SSSR count). The van der Waals surface area contributed by atoms with Crippen molar-refractivity contribution in [2.75, 3.05) is 20.1 Å². The summed E-state index contributed by atoms with van der Waals surface area (Å²) in [7, 11) is 2.19. The molecule has 0 aromatic rings. The molecule has 0 aromatic carbocycles. The van der Waals surface area contributed by atoms with Gasteiger partial charge in [-0.25, -0.2) is 0 Å². The zero-order chi connectivity index (χ0) is 9.40. The molecule has 0 saturated carbocycles. The Hall–Kier alpha value is -0.0800. The SMILES string of the molecule is CCCCN(C)CCCC(C)N. The summed E-state index contributed by atoms with van der Waals surface area (Å²) in [5.41, 5.74) is 5.66. The monoisotopic (exact) mass is 172 g/mol. The second-order valence-corrected chi connectivity index (χ2v) is 3.78. The van der Waals surface area contributed by atoms with Gasteiger partial charge in [-0.3, -0.25) is 0 Å². The van der Waals surface area contributed by atoms with Gasteiger partial charge in [-0.2, -0.15) is 0 Å². The first-order valence-electron chi connectivity index (χ1n) is 5.11. The van der Waals surface area contributed by atoms with Crippen molar-refractivity contribution in [3.8, 4) is 0 Å². The van der Waals surface area contributed by atoms with E-state index in [0.29, 0.717) is 6.04 Å². The van der Waals surface area contributed by atoms with Crippen LogP contribution in [-0.4, -0.2) is 31.1 Å². The van der Waals surface area contributed by atoms with Gasteiger partial charge in [0.1, 0.15) is 0 Å². The van der Waals surface area contributed by atoms with Gasteiger partial charge in [-0.15, -0.1) is 0 Å². The Balaban J connectivity index is 3.13. The maximum Gasteiger partial charge on any atom is 0.00109 e. The second kappa shape index (κ2) is 7.56. The molecule has 0 fully saturated rings. The molecule has 2 N–H and O–H groups in total. The lowest BCUT2D eigenvalue weighted by Gasteiger charge is -2.16. The lowest BCUT2D eigenvalue weighted by molar-refractivity contribution is 0.317. The molecule has 2 heteroatoms. The first-order valence-corrected chi connectivity index (χ1v) is 5.11. The lowest BCUT2D eigenvalue weighted by Crippen LogP contribution is -2.23. The molecule has 0 aliphatic heterocycles. The van der Waals surface area contributed by atoms with Gasteiger partial charge in [0, 0.05) is 6.04 Å². The average Bonchev–Trinajstić information content (AvgIpc) is 2.00. The Kier molecular flexibility index (Phi) is 7.51. The van der Waals surface area contributed by atoms with E-state index in [2.05, 4.69) is 25.8 Å². The molecule has 0 spiro atoms. The van der Waals surface area contributed by atoms with Crippen molar-refractivity contribution >= 4 is 0 Å². The summed E-state index contributed by atoms with van der Waals surface area (Å²) in [4.78, 5) is 2.39. The van der Waals surface area contributed by atoms with Crippen LogP contribution in [0.3, 0.4) is 0 Å². The van der Waals surface area contributed by atoms with Crippen molar-refractivity contribution in [3.63, 3.8) is 0 Å². The van der Waals surface area contributed by atoms with Crippen molar-refractivity contribution in [1.29, 1.82) is 0 Å². The molecule has 1 unspecified atom stereocenters. The highest BCUT2D eigenvalue weighted by Gasteiger charge is 1.98. The van der Waals surface area contributed by atoms with E-state index in [-0.39, 0.29) is 0 Å². The van der Waals surface area contributed by atoms with Gasteiger partial charge in [0.25, 0.3) is 0 Å². The molecule has 0 aliphatic carbocycles. The summed E-state index contributed by atoms with van der Waals surface area (Å²) >= 11 is 0. The van der Waals surface area contributed by atoms with Crippen LogP contribution in [0.25, 0.3) is 0 Å². The van der Waals surface area contributed by atoms with E-state index >= 15 is 0 Å². The van der Waals surface area contributed by atoms with Gasteiger partial charge >= 0.3 is 0 Å². The number of hydrogen-bond acceptors (Lipinski definition) is 2. The number of unbranched alkanes of at least 4 members (excludes halogenated alkanes) is 1. The molecule has 0 amide bonds. The van der Waals surface area contributed by atoms with Gasteiger partial charge in [0.05, 0.1) is 0 Å². The Bertz CT molecular complexity index is 91.8. The van der Waals surface area contributed by atoms with Gasteiger partial charge in [-0.05, 0) is 46.3 Å². The van der Waals surface area contributed by atoms with E-state index in [4.69, 9.17) is 5.73 Å². The highest BCUT2D eigenvalue weighted by Crippen LogP contribution is 1.97. The van der Waals surface area contributed by atoms with Crippen molar-refractivity contribution in [3.05, 3.63) is 0 Å². The molecular formula is C10H24N2. The minimum absolute atomic E-state index is 0.365. The van der Waals surface area contributed by atoms with Gasteiger partial charge in [0.15, 0.2) is 0 Å². The number of nitrogens with two attached hydrogens (primary N) is 1. The highest BCUT2D eigenvalue weighted by molar-refractivity contribution is 4.56. The maximum atomic E-state index is 5.66. The van der Waals surface area contributed by atoms with Crippen LogP contribution in [0.5, 0.6) is 0 Å². The third-order valence-electron chi connectivity index (χ3n) is 2.09. The van der Waals surface area contributed by atoms with Gasteiger partial charge in [0.2, 0.25) is 0 Å². The minimum Gasteiger partial charge on any atom is -0.328 e. The zero-order valence-electron chi connectivity index (χ0n) is 8.84. The predicted octanol–water partition coefficient (Wildman–Crippen LogP) is 1.85. The summed E-state index contributed by atoms with van der Waals surface area (Å²) in [5, 5.41) is 0. The fourth-order valence-electron chi connectivity index (χ4n) is 1.22. The second-order valence-electron chi connectivity index (χ2n) is 3.78. The Morgan fingerprint density at radius 2 is 1.83 bits per heavy atom. The van der Waals surface area contributed by atoms with Crippen LogP contribution >= 0.6 is 0 Å². The lowest BCUT2D eigenvalue weighted by atomic mass is 10.2. The zero-order valence-corrected chi connectivity index (χ0v) is 8.84. The molecule has 0 aliphatic rings. The minimum atomic E-state index is 0.365. The van der Waals surface area contributed by atoms with E-state index in [1.54, 1.807) is 0 Å². The Morgan fingerprint density at radius 3 is 2.33 bits per heavy atom. The van der Waals surface area contributed by atoms with Crippen molar-refractivity contribution in [2.45, 2.75) is 45.6 Å². The van der Waals surface area contributed by atoms with Crippen LogP contribution in [0.4, 0.5) is 0 Å². The Morgan fingerprint density at radius 1 is 1.25 bits per heavy atom. The van der Waals surface area contributed by atoms with E-state index in [1.165, 1.54) is 32.4 Å². The van der Waals surface area contributed by atoms with Crippen LogP contribution in [0, 0.1) is 0 Å². The van der Waals surface area contributed by atoms with Crippen LogP contribution in [0.2, 0.25) is 0 Å². The predicted molar refractivity (Wildman–Crippen MR) is 55.3 cm³/mol. The topological polar surface area (TPSA) is 29.3 Å².